The summed E-state index contributed by atoms with van der Waals surface area (Å²) in [5.74, 6) is -4.29. The van der Waals surface area contributed by atoms with E-state index in [2.05, 4.69) is 31.4 Å². The fourth-order valence-electron chi connectivity index (χ4n) is 3.77. The minimum atomic E-state index is -5.35. The Morgan fingerprint density at radius 2 is 1.71 bits per heavy atom. The Bertz CT molecular complexity index is 1690. The molecular weight excluding hydrogens is 687 g/mol. The molecule has 0 radical (unpaired) electrons. The molecule has 242 valence electrons. The third-order valence-corrected chi connectivity index (χ3v) is 7.94. The van der Waals surface area contributed by atoms with Crippen LogP contribution in [-0.2, 0) is 19.6 Å². The van der Waals surface area contributed by atoms with Gasteiger partial charge in [-0.25, -0.2) is 13.2 Å². The second-order valence-corrected chi connectivity index (χ2v) is 11.9. The van der Waals surface area contributed by atoms with Gasteiger partial charge in [-0.2, -0.15) is 13.2 Å². The van der Waals surface area contributed by atoms with Crippen LogP contribution in [0.15, 0.2) is 70.0 Å². The van der Waals surface area contributed by atoms with Crippen molar-refractivity contribution in [2.75, 3.05) is 11.9 Å². The van der Waals surface area contributed by atoms with Crippen LogP contribution >= 0.6 is 15.9 Å². The number of hydrogen-bond donors (Lipinski definition) is 5. The SMILES string of the molecule is CCOc1cc(C(Nc2ccc(C(=N)N)c(OC(=O)C(F)(F)F)c2)C(=O)NNS(=O)(=O)c2ccccc2Br)ccc1OC(C)C. The first-order valence-electron chi connectivity index (χ1n) is 13.1. The number of benzene rings is 3. The van der Waals surface area contributed by atoms with E-state index < -0.39 is 45.7 Å². The van der Waals surface area contributed by atoms with Crippen LogP contribution in [0.25, 0.3) is 0 Å². The zero-order valence-electron chi connectivity index (χ0n) is 24.0. The molecule has 3 aromatic rings. The monoisotopic (exact) mass is 715 g/mol. The Morgan fingerprint density at radius 3 is 2.31 bits per heavy atom. The maximum absolute atomic E-state index is 13.5. The first-order chi connectivity index (χ1) is 21.0. The normalized spacial score (nSPS) is 12.3. The quantitative estimate of drug-likeness (QED) is 0.0558. The Hall–Kier alpha value is -4.35. The first-order valence-corrected chi connectivity index (χ1v) is 15.3. The van der Waals surface area contributed by atoms with Gasteiger partial charge in [0.15, 0.2) is 11.5 Å². The van der Waals surface area contributed by atoms with Crippen molar-refractivity contribution in [2.45, 2.75) is 44.0 Å². The van der Waals surface area contributed by atoms with Crippen LogP contribution in [0.2, 0.25) is 0 Å². The number of carbonyl (C=O) groups is 2. The summed E-state index contributed by atoms with van der Waals surface area (Å²) in [6, 6.07) is 12.3. The van der Waals surface area contributed by atoms with Gasteiger partial charge in [0, 0.05) is 16.2 Å². The molecule has 1 unspecified atom stereocenters. The number of rotatable bonds is 13. The summed E-state index contributed by atoms with van der Waals surface area (Å²) in [5.41, 5.74) is 7.43. The van der Waals surface area contributed by atoms with Crippen LogP contribution in [0.5, 0.6) is 17.2 Å². The van der Waals surface area contributed by atoms with E-state index in [1.807, 2.05) is 4.83 Å². The van der Waals surface area contributed by atoms with Gasteiger partial charge in [-0.3, -0.25) is 15.6 Å². The second-order valence-electron chi connectivity index (χ2n) is 9.42. The van der Waals surface area contributed by atoms with E-state index in [1.165, 1.54) is 42.5 Å². The molecule has 0 fully saturated rings. The van der Waals surface area contributed by atoms with Crippen molar-refractivity contribution < 1.29 is 45.4 Å². The summed E-state index contributed by atoms with van der Waals surface area (Å²) < 4.78 is 80.8. The van der Waals surface area contributed by atoms with Gasteiger partial charge in [0.2, 0.25) is 0 Å². The van der Waals surface area contributed by atoms with Crippen molar-refractivity contribution in [3.8, 4) is 17.2 Å². The molecule has 12 nitrogen and oxygen atoms in total. The van der Waals surface area contributed by atoms with Gasteiger partial charge in [0.1, 0.15) is 17.6 Å². The summed E-state index contributed by atoms with van der Waals surface area (Å²) in [7, 11) is -4.26. The molecule has 1 amide bonds. The predicted molar refractivity (Wildman–Crippen MR) is 161 cm³/mol. The van der Waals surface area contributed by atoms with Gasteiger partial charge in [-0.15, -0.1) is 4.83 Å². The van der Waals surface area contributed by atoms with E-state index in [9.17, 15) is 31.2 Å². The lowest BCUT2D eigenvalue weighted by atomic mass is 10.0. The number of nitrogens with one attached hydrogen (secondary N) is 4. The number of hydrazine groups is 1. The van der Waals surface area contributed by atoms with Gasteiger partial charge in [-0.05, 0) is 78.7 Å². The van der Waals surface area contributed by atoms with E-state index in [0.717, 1.165) is 12.1 Å². The number of ether oxygens (including phenoxy) is 3. The molecule has 0 bridgehead atoms. The minimum Gasteiger partial charge on any atom is -0.490 e. The number of amidine groups is 1. The standard InChI is InChI=1S/C28H29BrF3N5O7S/c1-4-42-22-13-16(9-12-20(22)43-15(2)3)24(26(38)36-37-45(40,41)23-8-6-5-7-19(23)29)35-17-10-11-18(25(33)34)21(14-17)44-27(39)28(30,31)32/h5-15,24,35,37H,4H2,1-3H3,(H3,33,34)(H,36,38). The Kier molecular flexibility index (Phi) is 11.4. The van der Waals surface area contributed by atoms with Gasteiger partial charge in [0.05, 0.1) is 23.2 Å². The van der Waals surface area contributed by atoms with Crippen LogP contribution in [0, 0.1) is 5.41 Å². The lowest BCUT2D eigenvalue weighted by Gasteiger charge is -2.23. The average Bonchev–Trinajstić information content (AvgIpc) is 2.95. The summed E-state index contributed by atoms with van der Waals surface area (Å²) in [5, 5.41) is 10.4. The predicted octanol–water partition coefficient (Wildman–Crippen LogP) is 4.55. The molecular formula is C28H29BrF3N5O7S. The minimum absolute atomic E-state index is 0.0562. The van der Waals surface area contributed by atoms with Crippen LogP contribution in [-0.4, -0.2) is 45.0 Å². The van der Waals surface area contributed by atoms with E-state index >= 15 is 0 Å². The number of sulfonamides is 1. The molecule has 0 saturated carbocycles. The van der Waals surface area contributed by atoms with Crippen molar-refractivity contribution in [1.82, 2.24) is 10.3 Å². The van der Waals surface area contributed by atoms with Gasteiger partial charge < -0.3 is 25.3 Å². The number of hydrogen-bond acceptors (Lipinski definition) is 9. The smallest absolute Gasteiger partial charge is 0.490 e. The number of nitrogens with two attached hydrogens (primary N) is 1. The zero-order valence-corrected chi connectivity index (χ0v) is 26.4. The molecule has 0 aliphatic carbocycles. The third kappa shape index (κ3) is 9.32. The number of halogens is 4. The maximum Gasteiger partial charge on any atom is 0.491 e. The van der Waals surface area contributed by atoms with Crippen LogP contribution in [0.1, 0.15) is 37.9 Å². The average molecular weight is 717 g/mol. The van der Waals surface area contributed by atoms with Crippen molar-refractivity contribution >= 4 is 49.4 Å². The molecule has 3 aromatic carbocycles. The van der Waals surface area contributed by atoms with E-state index in [4.69, 9.17) is 20.6 Å². The van der Waals surface area contributed by atoms with Crippen molar-refractivity contribution in [3.63, 3.8) is 0 Å². The van der Waals surface area contributed by atoms with Gasteiger partial charge in [-0.1, -0.05) is 18.2 Å². The second kappa shape index (κ2) is 14.6. The highest BCUT2D eigenvalue weighted by molar-refractivity contribution is 9.10. The maximum atomic E-state index is 13.5. The topological polar surface area (TPSA) is 182 Å². The highest BCUT2D eigenvalue weighted by atomic mass is 79.9. The van der Waals surface area contributed by atoms with Crippen LogP contribution in [0.3, 0.4) is 0 Å². The number of nitrogen functional groups attached to an aromatic ring is 1. The van der Waals surface area contributed by atoms with E-state index in [1.54, 1.807) is 26.8 Å². The van der Waals surface area contributed by atoms with Crippen LogP contribution < -0.4 is 35.5 Å². The van der Waals surface area contributed by atoms with Crippen molar-refractivity contribution in [1.29, 1.82) is 5.41 Å². The summed E-state index contributed by atoms with van der Waals surface area (Å²) in [6.07, 6.45) is -5.57. The fraction of sp³-hybridized carbons (Fsp3) is 0.250. The third-order valence-electron chi connectivity index (χ3n) is 5.68. The fourth-order valence-corrected chi connectivity index (χ4v) is 5.63. The molecule has 6 N–H and O–H groups in total. The Morgan fingerprint density at radius 1 is 1.02 bits per heavy atom. The number of alkyl halides is 3. The molecule has 0 heterocycles. The number of anilines is 1. The van der Waals surface area contributed by atoms with Gasteiger partial charge >= 0.3 is 12.1 Å². The molecule has 0 aliphatic rings. The molecule has 0 saturated heterocycles. The largest absolute Gasteiger partial charge is 0.491 e. The first kappa shape index (κ1) is 35.1. The number of esters is 1. The van der Waals surface area contributed by atoms with Crippen molar-refractivity contribution in [3.05, 3.63) is 76.3 Å². The molecule has 3 rings (SSSR count). The van der Waals surface area contributed by atoms with Crippen molar-refractivity contribution in [2.24, 2.45) is 5.73 Å². The number of amides is 1. The molecule has 1 atom stereocenters. The molecule has 0 aromatic heterocycles. The summed E-state index contributed by atoms with van der Waals surface area (Å²) in [4.78, 5) is 26.9. The van der Waals surface area contributed by atoms with Crippen LogP contribution in [0.4, 0.5) is 18.9 Å². The summed E-state index contributed by atoms with van der Waals surface area (Å²) >= 11 is 3.15. The molecule has 0 spiro atoms. The lowest BCUT2D eigenvalue weighted by molar-refractivity contribution is -0.189. The van der Waals surface area contributed by atoms with E-state index in [0.29, 0.717) is 5.75 Å². The lowest BCUT2D eigenvalue weighted by Crippen LogP contribution is -2.45. The molecule has 17 heteroatoms. The summed E-state index contributed by atoms with van der Waals surface area (Å²) in [6.45, 7) is 5.55. The highest BCUT2D eigenvalue weighted by Gasteiger charge is 2.42. The Balaban J connectivity index is 2.04. The van der Waals surface area contributed by atoms with Gasteiger partial charge in [0.25, 0.3) is 15.9 Å². The molecule has 45 heavy (non-hydrogen) atoms. The van der Waals surface area contributed by atoms with E-state index in [-0.39, 0.29) is 44.6 Å². The highest BCUT2D eigenvalue weighted by Crippen LogP contribution is 2.34. The molecule has 0 aliphatic heterocycles. The zero-order chi connectivity index (χ0) is 33.5. The Labute approximate surface area is 265 Å². The number of carbonyl (C=O) groups excluding carboxylic acids is 2.